The first kappa shape index (κ1) is 18.4. The molecule has 3 atom stereocenters. The van der Waals surface area contributed by atoms with Crippen LogP contribution in [0.4, 0.5) is 0 Å². The topological polar surface area (TPSA) is 63.9 Å². The number of likely N-dealkylation sites (tertiary alicyclic amines) is 1. The van der Waals surface area contributed by atoms with E-state index in [9.17, 15) is 10.2 Å². The zero-order valence-electron chi connectivity index (χ0n) is 14.2. The number of β-amino-alcohol motifs (C(OH)–C–C–N with tert-alkyl or cyclic N) is 1. The molecule has 23 heavy (non-hydrogen) atoms. The molecule has 4 nitrogen and oxygen atoms in total. The highest BCUT2D eigenvalue weighted by atomic mass is 16.3. The number of rotatable bonds is 6. The lowest BCUT2D eigenvalue weighted by Crippen LogP contribution is -2.39. The smallest absolute Gasteiger partial charge is 0.0840 e. The summed E-state index contributed by atoms with van der Waals surface area (Å²) in [5, 5.41) is 30.1. The number of hydrogen-bond donors (Lipinski definition) is 3. The maximum atomic E-state index is 10.5. The van der Waals surface area contributed by atoms with Crippen molar-refractivity contribution in [3.8, 4) is 0 Å². The van der Waals surface area contributed by atoms with Gasteiger partial charge < -0.3 is 20.2 Å². The monoisotopic (exact) mass is 321 g/mol. The van der Waals surface area contributed by atoms with Crippen molar-refractivity contribution in [1.29, 1.82) is 0 Å². The van der Waals surface area contributed by atoms with Gasteiger partial charge in [-0.05, 0) is 37.1 Å². The van der Waals surface area contributed by atoms with Crippen molar-refractivity contribution >= 4 is 0 Å². The lowest BCUT2D eigenvalue weighted by molar-refractivity contribution is 0.000579. The zero-order chi connectivity index (χ0) is 16.7. The second-order valence-corrected chi connectivity index (χ2v) is 6.84. The van der Waals surface area contributed by atoms with Crippen LogP contribution in [0.1, 0.15) is 56.3 Å². The molecule has 0 radical (unpaired) electrons. The highest BCUT2D eigenvalue weighted by Gasteiger charge is 2.25. The Kier molecular flexibility index (Phi) is 7.50. The molecule has 3 N–H and O–H groups in total. The van der Waals surface area contributed by atoms with Crippen molar-refractivity contribution in [3.63, 3.8) is 0 Å². The molecule has 0 spiro atoms. The molecule has 1 aromatic rings. The minimum Gasteiger partial charge on any atom is -0.392 e. The van der Waals surface area contributed by atoms with E-state index >= 15 is 0 Å². The average Bonchev–Trinajstić information content (AvgIpc) is 2.55. The lowest BCUT2D eigenvalue weighted by Gasteiger charge is -2.31. The SMILES string of the molecule is CC(C(O)CN1CCCCCCC1)C(O)c1ccc(CO)cc1. The van der Waals surface area contributed by atoms with Gasteiger partial charge in [-0.2, -0.15) is 0 Å². The van der Waals surface area contributed by atoms with Crippen LogP contribution < -0.4 is 0 Å². The van der Waals surface area contributed by atoms with Crippen LogP contribution in [0.15, 0.2) is 24.3 Å². The van der Waals surface area contributed by atoms with Crippen LogP contribution in [0, 0.1) is 5.92 Å². The Morgan fingerprint density at radius 1 is 0.957 bits per heavy atom. The second-order valence-electron chi connectivity index (χ2n) is 6.84. The van der Waals surface area contributed by atoms with Crippen molar-refractivity contribution in [2.75, 3.05) is 19.6 Å². The van der Waals surface area contributed by atoms with Crippen LogP contribution in [0.3, 0.4) is 0 Å². The Balaban J connectivity index is 1.90. The van der Waals surface area contributed by atoms with Gasteiger partial charge in [-0.15, -0.1) is 0 Å². The quantitative estimate of drug-likeness (QED) is 0.753. The van der Waals surface area contributed by atoms with E-state index in [0.717, 1.165) is 24.2 Å². The fraction of sp³-hybridized carbons (Fsp3) is 0.684. The molecule has 1 aliphatic rings. The summed E-state index contributed by atoms with van der Waals surface area (Å²) in [6, 6.07) is 7.29. The Labute approximate surface area is 139 Å². The molecule has 0 aromatic heterocycles. The maximum absolute atomic E-state index is 10.5. The van der Waals surface area contributed by atoms with Crippen LogP contribution in [-0.2, 0) is 6.61 Å². The second kappa shape index (κ2) is 9.38. The van der Waals surface area contributed by atoms with Crippen LogP contribution >= 0.6 is 0 Å². The number of aliphatic hydroxyl groups excluding tert-OH is 3. The van der Waals surface area contributed by atoms with Gasteiger partial charge in [-0.25, -0.2) is 0 Å². The molecule has 2 rings (SSSR count). The van der Waals surface area contributed by atoms with Crippen molar-refractivity contribution in [1.82, 2.24) is 4.90 Å². The van der Waals surface area contributed by atoms with Crippen LogP contribution in [0.5, 0.6) is 0 Å². The Morgan fingerprint density at radius 3 is 2.09 bits per heavy atom. The van der Waals surface area contributed by atoms with Crippen molar-refractivity contribution < 1.29 is 15.3 Å². The van der Waals surface area contributed by atoms with E-state index in [-0.39, 0.29) is 12.5 Å². The summed E-state index contributed by atoms with van der Waals surface area (Å²) < 4.78 is 0. The molecule has 1 heterocycles. The Bertz CT molecular complexity index is 440. The van der Waals surface area contributed by atoms with Gasteiger partial charge in [-0.1, -0.05) is 50.5 Å². The largest absolute Gasteiger partial charge is 0.392 e. The standard InChI is InChI=1S/C19H31NO3/c1-15(19(23)17-9-7-16(14-21)8-10-17)18(22)13-20-11-5-3-2-4-6-12-20/h7-10,15,18-19,21-23H,2-6,11-14H2,1H3. The van der Waals surface area contributed by atoms with Gasteiger partial charge in [0.25, 0.3) is 0 Å². The molecular weight excluding hydrogens is 290 g/mol. The van der Waals surface area contributed by atoms with Gasteiger partial charge in [0, 0.05) is 12.5 Å². The number of hydrogen-bond acceptors (Lipinski definition) is 4. The maximum Gasteiger partial charge on any atom is 0.0840 e. The summed E-state index contributed by atoms with van der Waals surface area (Å²) in [5.41, 5.74) is 1.62. The van der Waals surface area contributed by atoms with Gasteiger partial charge in [0.2, 0.25) is 0 Å². The van der Waals surface area contributed by atoms with Crippen molar-refractivity contribution in [2.45, 2.75) is 57.8 Å². The molecule has 1 aliphatic heterocycles. The van der Waals surface area contributed by atoms with Gasteiger partial charge in [0.15, 0.2) is 0 Å². The molecule has 1 saturated heterocycles. The van der Waals surface area contributed by atoms with Crippen molar-refractivity contribution in [3.05, 3.63) is 35.4 Å². The minimum absolute atomic E-state index is 0.00349. The highest BCUT2D eigenvalue weighted by molar-refractivity contribution is 5.24. The predicted molar refractivity (Wildman–Crippen MR) is 92.0 cm³/mol. The van der Waals surface area contributed by atoms with E-state index in [0.29, 0.717) is 6.54 Å². The highest BCUT2D eigenvalue weighted by Crippen LogP contribution is 2.25. The first-order valence-corrected chi connectivity index (χ1v) is 8.90. The lowest BCUT2D eigenvalue weighted by atomic mass is 9.91. The third-order valence-corrected chi connectivity index (χ3v) is 5.00. The van der Waals surface area contributed by atoms with Gasteiger partial charge >= 0.3 is 0 Å². The molecule has 1 aromatic carbocycles. The number of benzene rings is 1. The van der Waals surface area contributed by atoms with Gasteiger partial charge in [0.1, 0.15) is 0 Å². The normalized spacial score (nSPS) is 21.2. The zero-order valence-corrected chi connectivity index (χ0v) is 14.2. The third kappa shape index (κ3) is 5.57. The average molecular weight is 321 g/mol. The van der Waals surface area contributed by atoms with E-state index in [1.54, 1.807) is 0 Å². The third-order valence-electron chi connectivity index (χ3n) is 5.00. The molecule has 0 aliphatic carbocycles. The fourth-order valence-electron chi connectivity index (χ4n) is 3.26. The molecule has 0 saturated carbocycles. The summed E-state index contributed by atoms with van der Waals surface area (Å²) in [5.74, 6) is -0.222. The summed E-state index contributed by atoms with van der Waals surface area (Å²) >= 11 is 0. The molecule has 3 unspecified atom stereocenters. The summed E-state index contributed by atoms with van der Waals surface area (Å²) in [4.78, 5) is 2.34. The van der Waals surface area contributed by atoms with E-state index in [4.69, 9.17) is 5.11 Å². The summed E-state index contributed by atoms with van der Waals surface area (Å²) in [6.45, 7) is 4.63. The summed E-state index contributed by atoms with van der Waals surface area (Å²) in [6.07, 6.45) is 5.06. The molecule has 0 amide bonds. The molecular formula is C19H31NO3. The van der Waals surface area contributed by atoms with E-state index in [1.165, 1.54) is 32.1 Å². The fourth-order valence-corrected chi connectivity index (χ4v) is 3.26. The first-order valence-electron chi connectivity index (χ1n) is 8.90. The van der Waals surface area contributed by atoms with E-state index in [2.05, 4.69) is 4.90 Å². The van der Waals surface area contributed by atoms with Crippen LogP contribution in [-0.4, -0.2) is 46.0 Å². The molecule has 130 valence electrons. The van der Waals surface area contributed by atoms with E-state index < -0.39 is 12.2 Å². The Hall–Kier alpha value is -0.940. The molecule has 0 bridgehead atoms. The first-order chi connectivity index (χ1) is 11.1. The van der Waals surface area contributed by atoms with E-state index in [1.807, 2.05) is 31.2 Å². The summed E-state index contributed by atoms with van der Waals surface area (Å²) in [7, 11) is 0. The molecule has 4 heteroatoms. The van der Waals surface area contributed by atoms with Gasteiger partial charge in [-0.3, -0.25) is 0 Å². The van der Waals surface area contributed by atoms with Crippen LogP contribution in [0.25, 0.3) is 0 Å². The van der Waals surface area contributed by atoms with Gasteiger partial charge in [0.05, 0.1) is 18.8 Å². The minimum atomic E-state index is -0.688. The molecule has 1 fully saturated rings. The number of nitrogens with zero attached hydrogens (tertiary/aromatic N) is 1. The van der Waals surface area contributed by atoms with Crippen LogP contribution in [0.2, 0.25) is 0 Å². The number of aliphatic hydroxyl groups is 3. The predicted octanol–water partition coefficient (Wildman–Crippen LogP) is 2.48. The Morgan fingerprint density at radius 2 is 1.52 bits per heavy atom. The van der Waals surface area contributed by atoms with Crippen molar-refractivity contribution in [2.24, 2.45) is 5.92 Å².